The molecule has 5 heteroatoms. The first-order valence-corrected chi connectivity index (χ1v) is 7.35. The van der Waals surface area contributed by atoms with Crippen molar-refractivity contribution in [1.29, 1.82) is 0 Å². The van der Waals surface area contributed by atoms with E-state index in [1.807, 2.05) is 18.2 Å². The molecule has 0 aromatic heterocycles. The summed E-state index contributed by atoms with van der Waals surface area (Å²) < 4.78 is 10.4. The zero-order valence-electron chi connectivity index (χ0n) is 12.8. The van der Waals surface area contributed by atoms with Crippen LogP contribution in [0.1, 0.15) is 30.1 Å². The SMILES string of the molecule is CCOC(=O)CCC(=O)c1cc(Oc2ccccc2)ccc1O. The first kappa shape index (κ1) is 16.5. The van der Waals surface area contributed by atoms with Gasteiger partial charge in [0.05, 0.1) is 18.6 Å². The lowest BCUT2D eigenvalue weighted by molar-refractivity contribution is -0.143. The molecule has 0 aliphatic rings. The molecule has 2 aromatic carbocycles. The molecule has 0 spiro atoms. The lowest BCUT2D eigenvalue weighted by Gasteiger charge is -2.09. The summed E-state index contributed by atoms with van der Waals surface area (Å²) in [5.74, 6) is 0.155. The Balaban J connectivity index is 2.07. The molecule has 0 radical (unpaired) electrons. The van der Waals surface area contributed by atoms with Crippen molar-refractivity contribution in [2.45, 2.75) is 19.8 Å². The van der Waals surface area contributed by atoms with E-state index < -0.39 is 5.97 Å². The van der Waals surface area contributed by atoms with Gasteiger partial charge in [-0.15, -0.1) is 0 Å². The maximum Gasteiger partial charge on any atom is 0.306 e. The van der Waals surface area contributed by atoms with Crippen molar-refractivity contribution in [3.63, 3.8) is 0 Å². The van der Waals surface area contributed by atoms with Gasteiger partial charge in [0.2, 0.25) is 0 Å². The third-order valence-corrected chi connectivity index (χ3v) is 3.11. The number of benzene rings is 2. The molecule has 1 N–H and O–H groups in total. The molecule has 0 unspecified atom stereocenters. The highest BCUT2D eigenvalue weighted by Crippen LogP contribution is 2.28. The first-order chi connectivity index (χ1) is 11.1. The summed E-state index contributed by atoms with van der Waals surface area (Å²) in [4.78, 5) is 23.5. The minimum Gasteiger partial charge on any atom is -0.507 e. The van der Waals surface area contributed by atoms with E-state index in [1.165, 1.54) is 12.1 Å². The second-order valence-corrected chi connectivity index (χ2v) is 4.82. The molecule has 0 amide bonds. The van der Waals surface area contributed by atoms with Gasteiger partial charge < -0.3 is 14.6 Å². The van der Waals surface area contributed by atoms with E-state index in [2.05, 4.69) is 0 Å². The van der Waals surface area contributed by atoms with Crippen LogP contribution < -0.4 is 4.74 Å². The van der Waals surface area contributed by atoms with Crippen molar-refractivity contribution in [3.05, 3.63) is 54.1 Å². The lowest BCUT2D eigenvalue weighted by Crippen LogP contribution is -2.08. The summed E-state index contributed by atoms with van der Waals surface area (Å²) in [7, 11) is 0. The summed E-state index contributed by atoms with van der Waals surface area (Å²) in [5, 5.41) is 9.85. The summed E-state index contributed by atoms with van der Waals surface area (Å²) in [6.07, 6.45) is -0.0446. The van der Waals surface area contributed by atoms with Gasteiger partial charge in [-0.1, -0.05) is 18.2 Å². The summed E-state index contributed by atoms with van der Waals surface area (Å²) >= 11 is 0. The predicted molar refractivity (Wildman–Crippen MR) is 84.8 cm³/mol. The highest BCUT2D eigenvalue weighted by Gasteiger charge is 2.15. The number of phenolic OH excluding ortho intramolecular Hbond substituents is 1. The molecular weight excluding hydrogens is 296 g/mol. The van der Waals surface area contributed by atoms with Gasteiger partial charge in [-0.2, -0.15) is 0 Å². The van der Waals surface area contributed by atoms with Crippen LogP contribution in [0.5, 0.6) is 17.2 Å². The van der Waals surface area contributed by atoms with Gasteiger partial charge in [0, 0.05) is 6.42 Å². The number of esters is 1. The topological polar surface area (TPSA) is 72.8 Å². The van der Waals surface area contributed by atoms with Crippen molar-refractivity contribution in [1.82, 2.24) is 0 Å². The molecular formula is C18H18O5. The molecule has 0 fully saturated rings. The minimum atomic E-state index is -0.433. The summed E-state index contributed by atoms with van der Waals surface area (Å²) in [5.41, 5.74) is 0.128. The fourth-order valence-electron chi connectivity index (χ4n) is 2.01. The minimum absolute atomic E-state index is 0.0180. The van der Waals surface area contributed by atoms with Crippen LogP contribution in [-0.2, 0) is 9.53 Å². The average molecular weight is 314 g/mol. The van der Waals surface area contributed by atoms with Crippen LogP contribution in [0.2, 0.25) is 0 Å². The number of hydrogen-bond acceptors (Lipinski definition) is 5. The molecule has 23 heavy (non-hydrogen) atoms. The van der Waals surface area contributed by atoms with Gasteiger partial charge in [-0.3, -0.25) is 9.59 Å². The van der Waals surface area contributed by atoms with Crippen LogP contribution in [0.15, 0.2) is 48.5 Å². The number of carbonyl (C=O) groups excluding carboxylic acids is 2. The zero-order chi connectivity index (χ0) is 16.7. The van der Waals surface area contributed by atoms with E-state index in [-0.39, 0.29) is 36.5 Å². The maximum absolute atomic E-state index is 12.2. The predicted octanol–water partition coefficient (Wildman–Crippen LogP) is 3.71. The number of Topliss-reactive ketones (excluding diaryl/α,β-unsaturated/α-hetero) is 1. The number of rotatable bonds is 7. The standard InChI is InChI=1S/C18H18O5/c1-2-22-18(21)11-10-17(20)15-12-14(8-9-16(15)19)23-13-6-4-3-5-7-13/h3-9,12,19H,2,10-11H2,1H3. The van der Waals surface area contributed by atoms with Crippen molar-refractivity contribution in [2.75, 3.05) is 6.61 Å². The number of aromatic hydroxyl groups is 1. The van der Waals surface area contributed by atoms with E-state index in [4.69, 9.17) is 9.47 Å². The second-order valence-electron chi connectivity index (χ2n) is 4.82. The van der Waals surface area contributed by atoms with Gasteiger partial charge in [-0.05, 0) is 37.3 Å². The number of phenols is 1. The fourth-order valence-corrected chi connectivity index (χ4v) is 2.01. The Labute approximate surface area is 134 Å². The molecule has 0 aliphatic carbocycles. The highest BCUT2D eigenvalue weighted by atomic mass is 16.5. The second kappa shape index (κ2) is 7.98. The summed E-state index contributed by atoms with van der Waals surface area (Å²) in [6, 6.07) is 13.6. The molecule has 120 valence electrons. The van der Waals surface area contributed by atoms with Crippen LogP contribution in [0.25, 0.3) is 0 Å². The number of para-hydroxylation sites is 1. The Kier molecular flexibility index (Phi) is 5.74. The van der Waals surface area contributed by atoms with Gasteiger partial charge in [-0.25, -0.2) is 0 Å². The van der Waals surface area contributed by atoms with Crippen molar-refractivity contribution in [3.8, 4) is 17.2 Å². The van der Waals surface area contributed by atoms with Gasteiger partial charge in [0.1, 0.15) is 17.2 Å². The monoisotopic (exact) mass is 314 g/mol. The van der Waals surface area contributed by atoms with Crippen molar-refractivity contribution >= 4 is 11.8 Å². The number of carbonyl (C=O) groups is 2. The van der Waals surface area contributed by atoms with Gasteiger partial charge in [0.25, 0.3) is 0 Å². The third kappa shape index (κ3) is 4.85. The van der Waals surface area contributed by atoms with E-state index >= 15 is 0 Å². The first-order valence-electron chi connectivity index (χ1n) is 7.35. The Morgan fingerprint density at radius 2 is 1.74 bits per heavy atom. The highest BCUT2D eigenvalue weighted by molar-refractivity contribution is 6.00. The average Bonchev–Trinajstić information content (AvgIpc) is 2.55. The third-order valence-electron chi connectivity index (χ3n) is 3.11. The van der Waals surface area contributed by atoms with E-state index in [9.17, 15) is 14.7 Å². The molecule has 0 saturated heterocycles. The van der Waals surface area contributed by atoms with Crippen molar-refractivity contribution < 1.29 is 24.2 Å². The van der Waals surface area contributed by atoms with Gasteiger partial charge in [0.15, 0.2) is 5.78 Å². The molecule has 2 rings (SSSR count). The summed E-state index contributed by atoms with van der Waals surface area (Å²) in [6.45, 7) is 1.98. The van der Waals surface area contributed by atoms with E-state index in [0.29, 0.717) is 11.5 Å². The van der Waals surface area contributed by atoms with E-state index in [0.717, 1.165) is 0 Å². The van der Waals surface area contributed by atoms with Crippen LogP contribution in [0.3, 0.4) is 0 Å². The largest absolute Gasteiger partial charge is 0.507 e. The number of ketones is 1. The van der Waals surface area contributed by atoms with Crippen LogP contribution in [0, 0.1) is 0 Å². The molecule has 0 heterocycles. The molecule has 2 aromatic rings. The smallest absolute Gasteiger partial charge is 0.306 e. The molecule has 0 atom stereocenters. The Bertz CT molecular complexity index is 679. The lowest BCUT2D eigenvalue weighted by atomic mass is 10.1. The van der Waals surface area contributed by atoms with Crippen LogP contribution in [0.4, 0.5) is 0 Å². The van der Waals surface area contributed by atoms with Crippen LogP contribution >= 0.6 is 0 Å². The van der Waals surface area contributed by atoms with Crippen molar-refractivity contribution in [2.24, 2.45) is 0 Å². The van der Waals surface area contributed by atoms with E-state index in [1.54, 1.807) is 25.1 Å². The Hall–Kier alpha value is -2.82. The maximum atomic E-state index is 12.2. The molecule has 0 aliphatic heterocycles. The van der Waals surface area contributed by atoms with Gasteiger partial charge >= 0.3 is 5.97 Å². The quantitative estimate of drug-likeness (QED) is 0.623. The normalized spacial score (nSPS) is 10.1. The molecule has 0 bridgehead atoms. The molecule has 0 saturated carbocycles. The Morgan fingerprint density at radius 1 is 1.00 bits per heavy atom. The number of ether oxygens (including phenoxy) is 2. The fraction of sp³-hybridized carbons (Fsp3) is 0.222. The Morgan fingerprint density at radius 3 is 2.43 bits per heavy atom. The van der Waals surface area contributed by atoms with Crippen LogP contribution in [-0.4, -0.2) is 23.5 Å². The molecule has 5 nitrogen and oxygen atoms in total. The number of hydrogen-bond donors (Lipinski definition) is 1. The zero-order valence-corrected chi connectivity index (χ0v) is 12.8.